The molecule has 1 aliphatic rings. The average molecular weight is 227 g/mol. The van der Waals surface area contributed by atoms with E-state index in [9.17, 15) is 0 Å². The van der Waals surface area contributed by atoms with Crippen molar-refractivity contribution in [3.8, 4) is 0 Å². The van der Waals surface area contributed by atoms with Crippen LogP contribution in [0.3, 0.4) is 0 Å². The molecule has 0 heterocycles. The van der Waals surface area contributed by atoms with Gasteiger partial charge in [0.15, 0.2) is 0 Å². The smallest absolute Gasteiger partial charge is 0.0478 e. The Labute approximate surface area is 101 Å². The van der Waals surface area contributed by atoms with E-state index < -0.39 is 0 Å². The molecular weight excluding hydrogens is 198 g/mol. The van der Waals surface area contributed by atoms with Crippen molar-refractivity contribution in [3.05, 3.63) is 0 Å². The van der Waals surface area contributed by atoms with E-state index in [4.69, 9.17) is 4.74 Å². The zero-order chi connectivity index (χ0) is 11.6. The van der Waals surface area contributed by atoms with E-state index >= 15 is 0 Å². The van der Waals surface area contributed by atoms with E-state index in [0.717, 1.165) is 32.1 Å². The Morgan fingerprint density at radius 2 is 1.88 bits per heavy atom. The lowest BCUT2D eigenvalue weighted by Gasteiger charge is -2.20. The molecule has 1 saturated carbocycles. The SMILES string of the molecule is CCCCOCCCNC(C)C1CCCC1. The molecule has 0 spiro atoms. The molecule has 0 radical (unpaired) electrons. The molecule has 0 aromatic heterocycles. The van der Waals surface area contributed by atoms with Gasteiger partial charge in [0.25, 0.3) is 0 Å². The highest BCUT2D eigenvalue weighted by molar-refractivity contribution is 4.76. The van der Waals surface area contributed by atoms with Crippen LogP contribution in [-0.2, 0) is 4.74 Å². The summed E-state index contributed by atoms with van der Waals surface area (Å²) in [6.07, 6.45) is 9.33. The lowest BCUT2D eigenvalue weighted by atomic mass is 10.00. The van der Waals surface area contributed by atoms with E-state index in [0.29, 0.717) is 6.04 Å². The second-order valence-electron chi connectivity index (χ2n) is 5.11. The molecule has 1 aliphatic carbocycles. The summed E-state index contributed by atoms with van der Waals surface area (Å²) in [5.74, 6) is 0.931. The van der Waals surface area contributed by atoms with Crippen molar-refractivity contribution in [1.82, 2.24) is 5.32 Å². The quantitative estimate of drug-likeness (QED) is 0.610. The van der Waals surface area contributed by atoms with Gasteiger partial charge in [0.05, 0.1) is 0 Å². The molecule has 96 valence electrons. The number of hydrogen-bond acceptors (Lipinski definition) is 2. The molecule has 1 N–H and O–H groups in total. The molecule has 16 heavy (non-hydrogen) atoms. The van der Waals surface area contributed by atoms with Gasteiger partial charge in [-0.25, -0.2) is 0 Å². The maximum Gasteiger partial charge on any atom is 0.0478 e. The average Bonchev–Trinajstić information content (AvgIpc) is 2.81. The van der Waals surface area contributed by atoms with Gasteiger partial charge >= 0.3 is 0 Å². The monoisotopic (exact) mass is 227 g/mol. The molecule has 1 fully saturated rings. The Balaban J connectivity index is 1.86. The molecule has 1 rings (SSSR count). The number of unbranched alkanes of at least 4 members (excludes halogenated alkanes) is 1. The summed E-state index contributed by atoms with van der Waals surface area (Å²) < 4.78 is 5.54. The van der Waals surface area contributed by atoms with Crippen LogP contribution in [0.4, 0.5) is 0 Å². The van der Waals surface area contributed by atoms with E-state index in [-0.39, 0.29) is 0 Å². The van der Waals surface area contributed by atoms with Crippen LogP contribution < -0.4 is 5.32 Å². The summed E-state index contributed by atoms with van der Waals surface area (Å²) in [4.78, 5) is 0. The van der Waals surface area contributed by atoms with Gasteiger partial charge in [-0.15, -0.1) is 0 Å². The van der Waals surface area contributed by atoms with Crippen LogP contribution in [0.25, 0.3) is 0 Å². The highest BCUT2D eigenvalue weighted by atomic mass is 16.5. The van der Waals surface area contributed by atoms with Gasteiger partial charge in [-0.2, -0.15) is 0 Å². The first-order chi connectivity index (χ1) is 7.84. The Morgan fingerprint density at radius 1 is 1.19 bits per heavy atom. The second-order valence-corrected chi connectivity index (χ2v) is 5.11. The highest BCUT2D eigenvalue weighted by Crippen LogP contribution is 2.27. The summed E-state index contributed by atoms with van der Waals surface area (Å²) in [6.45, 7) is 7.52. The Kier molecular flexibility index (Phi) is 7.87. The Bertz CT molecular complexity index is 155. The maximum absolute atomic E-state index is 5.54. The fourth-order valence-corrected chi connectivity index (χ4v) is 2.48. The predicted octanol–water partition coefficient (Wildman–Crippen LogP) is 3.36. The normalized spacial score (nSPS) is 19.1. The largest absolute Gasteiger partial charge is 0.381 e. The van der Waals surface area contributed by atoms with E-state index in [1.54, 1.807) is 0 Å². The molecule has 0 aromatic carbocycles. The van der Waals surface area contributed by atoms with Crippen LogP contribution in [0.5, 0.6) is 0 Å². The van der Waals surface area contributed by atoms with Gasteiger partial charge in [-0.1, -0.05) is 26.2 Å². The van der Waals surface area contributed by atoms with Crippen LogP contribution in [-0.4, -0.2) is 25.8 Å². The van der Waals surface area contributed by atoms with Crippen molar-refractivity contribution < 1.29 is 4.74 Å². The van der Waals surface area contributed by atoms with Crippen molar-refractivity contribution in [2.75, 3.05) is 19.8 Å². The van der Waals surface area contributed by atoms with E-state index in [2.05, 4.69) is 19.2 Å². The summed E-state index contributed by atoms with van der Waals surface area (Å²) in [5, 5.41) is 3.64. The van der Waals surface area contributed by atoms with Crippen LogP contribution >= 0.6 is 0 Å². The maximum atomic E-state index is 5.54. The van der Waals surface area contributed by atoms with Gasteiger partial charge in [-0.05, 0) is 45.1 Å². The van der Waals surface area contributed by atoms with Crippen molar-refractivity contribution in [1.29, 1.82) is 0 Å². The van der Waals surface area contributed by atoms with Gasteiger partial charge in [0.2, 0.25) is 0 Å². The number of nitrogens with one attached hydrogen (secondary N) is 1. The van der Waals surface area contributed by atoms with Gasteiger partial charge in [-0.3, -0.25) is 0 Å². The topological polar surface area (TPSA) is 21.3 Å². The molecular formula is C14H29NO. The summed E-state index contributed by atoms with van der Waals surface area (Å²) in [5.41, 5.74) is 0. The minimum Gasteiger partial charge on any atom is -0.381 e. The van der Waals surface area contributed by atoms with Crippen LogP contribution in [0, 0.1) is 5.92 Å². The third-order valence-corrected chi connectivity index (χ3v) is 3.68. The molecule has 1 unspecified atom stereocenters. The first-order valence-electron chi connectivity index (χ1n) is 7.15. The predicted molar refractivity (Wildman–Crippen MR) is 69.8 cm³/mol. The molecule has 2 heteroatoms. The third kappa shape index (κ3) is 5.86. The minimum absolute atomic E-state index is 0.707. The molecule has 0 aliphatic heterocycles. The fraction of sp³-hybridized carbons (Fsp3) is 1.00. The van der Waals surface area contributed by atoms with Gasteiger partial charge < -0.3 is 10.1 Å². The van der Waals surface area contributed by atoms with Crippen molar-refractivity contribution in [2.45, 2.75) is 64.8 Å². The zero-order valence-corrected chi connectivity index (χ0v) is 11.1. The van der Waals surface area contributed by atoms with Gasteiger partial charge in [0.1, 0.15) is 0 Å². The summed E-state index contributed by atoms with van der Waals surface area (Å²) in [6, 6.07) is 0.707. The first-order valence-corrected chi connectivity index (χ1v) is 7.15. The summed E-state index contributed by atoms with van der Waals surface area (Å²) in [7, 11) is 0. The fourth-order valence-electron chi connectivity index (χ4n) is 2.48. The Morgan fingerprint density at radius 3 is 2.56 bits per heavy atom. The summed E-state index contributed by atoms with van der Waals surface area (Å²) >= 11 is 0. The van der Waals surface area contributed by atoms with Crippen molar-refractivity contribution >= 4 is 0 Å². The molecule has 2 nitrogen and oxygen atoms in total. The van der Waals surface area contributed by atoms with Crippen LogP contribution in [0.2, 0.25) is 0 Å². The molecule has 0 aromatic rings. The molecule has 0 bridgehead atoms. The van der Waals surface area contributed by atoms with Gasteiger partial charge in [0, 0.05) is 19.3 Å². The first kappa shape index (κ1) is 14.0. The lowest BCUT2D eigenvalue weighted by Crippen LogP contribution is -2.33. The van der Waals surface area contributed by atoms with Crippen molar-refractivity contribution in [2.24, 2.45) is 5.92 Å². The molecule has 0 amide bonds. The van der Waals surface area contributed by atoms with Crippen molar-refractivity contribution in [3.63, 3.8) is 0 Å². The lowest BCUT2D eigenvalue weighted by molar-refractivity contribution is 0.127. The van der Waals surface area contributed by atoms with E-state index in [1.165, 1.54) is 38.5 Å². The second kappa shape index (κ2) is 9.00. The standard InChI is InChI=1S/C14H29NO/c1-3-4-11-16-12-7-10-15-13(2)14-8-5-6-9-14/h13-15H,3-12H2,1-2H3. The Hall–Kier alpha value is -0.0800. The highest BCUT2D eigenvalue weighted by Gasteiger charge is 2.20. The zero-order valence-electron chi connectivity index (χ0n) is 11.1. The number of ether oxygens (including phenoxy) is 1. The minimum atomic E-state index is 0.707. The third-order valence-electron chi connectivity index (χ3n) is 3.68. The molecule has 0 saturated heterocycles. The van der Waals surface area contributed by atoms with Crippen LogP contribution in [0.1, 0.15) is 58.8 Å². The van der Waals surface area contributed by atoms with Crippen LogP contribution in [0.15, 0.2) is 0 Å². The number of hydrogen-bond donors (Lipinski definition) is 1. The van der Waals surface area contributed by atoms with E-state index in [1.807, 2.05) is 0 Å². The number of rotatable bonds is 9. The molecule has 1 atom stereocenters.